The van der Waals surface area contributed by atoms with E-state index in [1.165, 1.54) is 27.9 Å². The molecule has 3 aromatic carbocycles. The van der Waals surface area contributed by atoms with Gasteiger partial charge in [0.2, 0.25) is 6.79 Å². The van der Waals surface area contributed by atoms with Crippen LogP contribution < -0.4 is 14.4 Å². The average Bonchev–Trinajstić information content (AvgIpc) is 3.33. The van der Waals surface area contributed by atoms with E-state index >= 15 is 0 Å². The Morgan fingerprint density at radius 1 is 0.821 bits per heavy atom. The monoisotopic (exact) mass is 370 g/mol. The minimum absolute atomic E-state index is 0.289. The maximum absolute atomic E-state index is 5.42. The molecule has 0 bridgehead atoms. The van der Waals surface area contributed by atoms with Gasteiger partial charge in [0.15, 0.2) is 11.5 Å². The lowest BCUT2D eigenvalue weighted by molar-refractivity contribution is 0.174. The fourth-order valence-corrected chi connectivity index (χ4v) is 3.77. The fourth-order valence-electron chi connectivity index (χ4n) is 3.77. The number of anilines is 1. The van der Waals surface area contributed by atoms with Gasteiger partial charge < -0.3 is 14.4 Å². The third-order valence-corrected chi connectivity index (χ3v) is 5.51. The topological polar surface area (TPSA) is 34.1 Å². The van der Waals surface area contributed by atoms with E-state index in [2.05, 4.69) is 60.1 Å². The first-order chi connectivity index (χ1) is 13.7. The number of ether oxygens (including phenoxy) is 2. The van der Waals surface area contributed by atoms with Gasteiger partial charge in [0.1, 0.15) is 0 Å². The lowest BCUT2D eigenvalue weighted by Crippen LogP contribution is -2.13. The van der Waals surface area contributed by atoms with Crippen molar-refractivity contribution in [3.8, 4) is 11.5 Å². The van der Waals surface area contributed by atoms with Crippen molar-refractivity contribution in [3.05, 3.63) is 82.4 Å². The Morgan fingerprint density at radius 2 is 1.50 bits per heavy atom. The van der Waals surface area contributed by atoms with Crippen molar-refractivity contribution >= 4 is 17.6 Å². The van der Waals surface area contributed by atoms with Crippen LogP contribution in [0.1, 0.15) is 27.8 Å². The largest absolute Gasteiger partial charge is 0.454 e. The van der Waals surface area contributed by atoms with E-state index in [4.69, 9.17) is 9.47 Å². The van der Waals surface area contributed by atoms with E-state index in [-0.39, 0.29) is 6.79 Å². The van der Waals surface area contributed by atoms with Gasteiger partial charge in [-0.2, -0.15) is 0 Å². The SMILES string of the molecule is Cc1cc2c(cc1C)CN(c1ccc(N=Cc3ccc4c(c3)OCO4)cc1)C2. The van der Waals surface area contributed by atoms with Gasteiger partial charge in [0, 0.05) is 25.0 Å². The molecular formula is C24H22N2O2. The summed E-state index contributed by atoms with van der Waals surface area (Å²) >= 11 is 0. The fraction of sp³-hybridized carbons (Fsp3) is 0.208. The zero-order chi connectivity index (χ0) is 19.1. The quantitative estimate of drug-likeness (QED) is 0.587. The highest BCUT2D eigenvalue weighted by molar-refractivity contribution is 5.83. The van der Waals surface area contributed by atoms with Crippen LogP contribution in [-0.4, -0.2) is 13.0 Å². The highest BCUT2D eigenvalue weighted by Crippen LogP contribution is 2.33. The maximum Gasteiger partial charge on any atom is 0.231 e. The minimum atomic E-state index is 0.289. The minimum Gasteiger partial charge on any atom is -0.454 e. The first-order valence-corrected chi connectivity index (χ1v) is 9.53. The van der Waals surface area contributed by atoms with Crippen LogP contribution in [0.15, 0.2) is 59.6 Å². The normalized spacial score (nSPS) is 14.7. The molecule has 2 heterocycles. The summed E-state index contributed by atoms with van der Waals surface area (Å²) in [4.78, 5) is 7.00. The summed E-state index contributed by atoms with van der Waals surface area (Å²) in [6.45, 7) is 6.60. The van der Waals surface area contributed by atoms with Crippen molar-refractivity contribution in [2.24, 2.45) is 4.99 Å². The highest BCUT2D eigenvalue weighted by Gasteiger charge is 2.20. The number of aliphatic imine (C=N–C) groups is 1. The zero-order valence-corrected chi connectivity index (χ0v) is 16.1. The molecular weight excluding hydrogens is 348 g/mol. The summed E-state index contributed by atoms with van der Waals surface area (Å²) in [5.74, 6) is 1.57. The highest BCUT2D eigenvalue weighted by atomic mass is 16.7. The summed E-state index contributed by atoms with van der Waals surface area (Å²) in [6, 6.07) is 18.9. The van der Waals surface area contributed by atoms with Crippen LogP contribution in [-0.2, 0) is 13.1 Å². The molecule has 0 saturated carbocycles. The molecule has 4 nitrogen and oxygen atoms in total. The molecule has 0 fully saturated rings. The Morgan fingerprint density at radius 3 is 2.21 bits per heavy atom. The van der Waals surface area contributed by atoms with Crippen LogP contribution in [0.3, 0.4) is 0 Å². The van der Waals surface area contributed by atoms with Crippen molar-refractivity contribution in [1.29, 1.82) is 0 Å². The number of hydrogen-bond donors (Lipinski definition) is 0. The molecule has 0 aliphatic carbocycles. The van der Waals surface area contributed by atoms with Gasteiger partial charge in [-0.05, 0) is 84.1 Å². The summed E-state index contributed by atoms with van der Waals surface area (Å²) in [5, 5.41) is 0. The van der Waals surface area contributed by atoms with E-state index in [9.17, 15) is 0 Å². The molecule has 0 aromatic heterocycles. The summed E-state index contributed by atoms with van der Waals surface area (Å²) in [5.41, 5.74) is 8.77. The predicted molar refractivity (Wildman–Crippen MR) is 112 cm³/mol. The van der Waals surface area contributed by atoms with Gasteiger partial charge in [-0.15, -0.1) is 0 Å². The lowest BCUT2D eigenvalue weighted by Gasteiger charge is -2.17. The molecule has 140 valence electrons. The van der Waals surface area contributed by atoms with Crippen molar-refractivity contribution in [2.75, 3.05) is 11.7 Å². The number of nitrogens with zero attached hydrogens (tertiary/aromatic N) is 2. The first-order valence-electron chi connectivity index (χ1n) is 9.53. The van der Waals surface area contributed by atoms with E-state index < -0.39 is 0 Å². The molecule has 4 heteroatoms. The van der Waals surface area contributed by atoms with Gasteiger partial charge >= 0.3 is 0 Å². The van der Waals surface area contributed by atoms with Crippen molar-refractivity contribution in [1.82, 2.24) is 0 Å². The molecule has 5 rings (SSSR count). The third-order valence-electron chi connectivity index (χ3n) is 5.51. The van der Waals surface area contributed by atoms with Gasteiger partial charge in [0.05, 0.1) is 5.69 Å². The first kappa shape index (κ1) is 16.9. The van der Waals surface area contributed by atoms with E-state index in [0.717, 1.165) is 35.8 Å². The number of aryl methyl sites for hydroxylation is 2. The summed E-state index contributed by atoms with van der Waals surface area (Å²) in [7, 11) is 0. The van der Waals surface area contributed by atoms with Gasteiger partial charge in [-0.25, -0.2) is 0 Å². The molecule has 2 aliphatic rings. The number of rotatable bonds is 3. The van der Waals surface area contributed by atoms with E-state index in [0.29, 0.717) is 0 Å². The smallest absolute Gasteiger partial charge is 0.231 e. The van der Waals surface area contributed by atoms with E-state index in [1.807, 2.05) is 24.4 Å². The van der Waals surface area contributed by atoms with Gasteiger partial charge in [0.25, 0.3) is 0 Å². The van der Waals surface area contributed by atoms with Crippen LogP contribution in [0.2, 0.25) is 0 Å². The Kier molecular flexibility index (Phi) is 4.05. The van der Waals surface area contributed by atoms with E-state index in [1.54, 1.807) is 0 Å². The Labute approximate surface area is 165 Å². The number of benzene rings is 3. The summed E-state index contributed by atoms with van der Waals surface area (Å²) in [6.07, 6.45) is 1.86. The molecule has 0 amide bonds. The molecule has 0 N–H and O–H groups in total. The summed E-state index contributed by atoms with van der Waals surface area (Å²) < 4.78 is 10.8. The Hall–Kier alpha value is -3.27. The standard InChI is InChI=1S/C24H22N2O2/c1-16-9-19-13-26(14-20(19)10-17(16)2)22-6-4-21(5-7-22)25-12-18-3-8-23-24(11-18)28-15-27-23/h3-12H,13-15H2,1-2H3. The van der Waals surface area contributed by atoms with Crippen molar-refractivity contribution < 1.29 is 9.47 Å². The van der Waals surface area contributed by atoms with Crippen LogP contribution in [0.5, 0.6) is 11.5 Å². The molecule has 0 radical (unpaired) electrons. The lowest BCUT2D eigenvalue weighted by atomic mass is 10.0. The van der Waals surface area contributed by atoms with Crippen LogP contribution >= 0.6 is 0 Å². The molecule has 2 aliphatic heterocycles. The average molecular weight is 370 g/mol. The maximum atomic E-state index is 5.42. The Balaban J connectivity index is 1.30. The second-order valence-electron chi connectivity index (χ2n) is 7.45. The van der Waals surface area contributed by atoms with Crippen LogP contribution in [0, 0.1) is 13.8 Å². The second kappa shape index (κ2) is 6.71. The molecule has 0 unspecified atom stereocenters. The third kappa shape index (κ3) is 3.11. The van der Waals surface area contributed by atoms with Crippen molar-refractivity contribution in [2.45, 2.75) is 26.9 Å². The van der Waals surface area contributed by atoms with Gasteiger partial charge in [-0.3, -0.25) is 4.99 Å². The number of fused-ring (bicyclic) bond motifs is 2. The van der Waals surface area contributed by atoms with Crippen LogP contribution in [0.4, 0.5) is 11.4 Å². The Bertz CT molecular complexity index is 1040. The zero-order valence-electron chi connectivity index (χ0n) is 16.1. The molecule has 0 atom stereocenters. The molecule has 0 spiro atoms. The van der Waals surface area contributed by atoms with Gasteiger partial charge in [-0.1, -0.05) is 12.1 Å². The molecule has 3 aromatic rings. The number of hydrogen-bond acceptors (Lipinski definition) is 4. The molecule has 0 saturated heterocycles. The van der Waals surface area contributed by atoms with Crippen molar-refractivity contribution in [3.63, 3.8) is 0 Å². The predicted octanol–water partition coefficient (Wildman–Crippen LogP) is 5.30. The second-order valence-corrected chi connectivity index (χ2v) is 7.45. The molecule has 28 heavy (non-hydrogen) atoms. The van der Waals surface area contributed by atoms with Crippen LogP contribution in [0.25, 0.3) is 0 Å².